The molecule has 1 heteroatoms. The van der Waals surface area contributed by atoms with E-state index in [0.29, 0.717) is 17.1 Å². The van der Waals surface area contributed by atoms with E-state index >= 15 is 0 Å². The van der Waals surface area contributed by atoms with E-state index in [0.717, 1.165) is 12.8 Å². The van der Waals surface area contributed by atoms with Crippen LogP contribution in [0.5, 0.6) is 0 Å². The van der Waals surface area contributed by atoms with E-state index in [4.69, 9.17) is 0 Å². The number of hydrogen-bond acceptors (Lipinski definition) is 1. The summed E-state index contributed by atoms with van der Waals surface area (Å²) in [5.74, 6) is 0.932. The van der Waals surface area contributed by atoms with E-state index in [1.54, 1.807) is 0 Å². The van der Waals surface area contributed by atoms with Crippen LogP contribution in [-0.2, 0) is 4.79 Å². The number of Topliss-reactive ketones (excluding diaryl/α,β-unsaturated/α-hetero) is 1. The molecule has 0 aliphatic heterocycles. The minimum Gasteiger partial charge on any atom is -0.299 e. The van der Waals surface area contributed by atoms with E-state index in [2.05, 4.69) is 20.8 Å². The second-order valence-electron chi connectivity index (χ2n) is 4.99. The van der Waals surface area contributed by atoms with E-state index in [-0.39, 0.29) is 5.41 Å². The van der Waals surface area contributed by atoms with E-state index in [1.165, 1.54) is 6.42 Å². The first kappa shape index (κ1) is 7.33. The first-order valence-electron chi connectivity index (χ1n) is 4.52. The van der Waals surface area contributed by atoms with Gasteiger partial charge in [-0.2, -0.15) is 0 Å². The molecule has 2 aliphatic carbocycles. The molecule has 0 amide bonds. The largest absolute Gasteiger partial charge is 0.299 e. The summed E-state index contributed by atoms with van der Waals surface area (Å²) >= 11 is 0. The van der Waals surface area contributed by atoms with Gasteiger partial charge >= 0.3 is 0 Å². The first-order valence-corrected chi connectivity index (χ1v) is 4.52. The molecule has 2 atom stereocenters. The molecule has 0 unspecified atom stereocenters. The summed E-state index contributed by atoms with van der Waals surface area (Å²) in [7, 11) is 0. The fourth-order valence-electron chi connectivity index (χ4n) is 2.84. The zero-order valence-corrected chi connectivity index (χ0v) is 7.61. The molecule has 2 fully saturated rings. The Morgan fingerprint density at radius 2 is 2.00 bits per heavy atom. The molecule has 2 saturated carbocycles. The number of fused-ring (bicyclic) bond motifs is 2. The lowest BCUT2D eigenvalue weighted by Crippen LogP contribution is -2.37. The van der Waals surface area contributed by atoms with Crippen molar-refractivity contribution in [2.45, 2.75) is 40.0 Å². The Bertz CT molecular complexity index is 217. The van der Waals surface area contributed by atoms with Crippen molar-refractivity contribution in [3.63, 3.8) is 0 Å². The molecule has 0 aromatic heterocycles. The monoisotopic (exact) mass is 152 g/mol. The minimum atomic E-state index is -0.0318. The van der Waals surface area contributed by atoms with Crippen molar-refractivity contribution in [1.29, 1.82) is 0 Å². The highest BCUT2D eigenvalue weighted by Gasteiger charge is 2.59. The van der Waals surface area contributed by atoms with Gasteiger partial charge in [0.2, 0.25) is 0 Å². The second kappa shape index (κ2) is 1.70. The molecular weight excluding hydrogens is 136 g/mol. The predicted octanol–water partition coefficient (Wildman–Crippen LogP) is 2.40. The summed E-state index contributed by atoms with van der Waals surface area (Å²) in [4.78, 5) is 11.7. The standard InChI is InChI=1S/C10H16O/c1-9(2)8(11)7-4-5-10(9,3)6-7/h7H,4-6H2,1-3H3/t7-,10-/m1/s1. The SMILES string of the molecule is CC1(C)C(=O)[C@@H]2CC[C@]1(C)C2. The molecule has 0 N–H and O–H groups in total. The fraction of sp³-hybridized carbons (Fsp3) is 0.900. The lowest BCUT2D eigenvalue weighted by Gasteiger charge is -2.37. The molecule has 2 rings (SSSR count). The van der Waals surface area contributed by atoms with Crippen LogP contribution in [0.4, 0.5) is 0 Å². The van der Waals surface area contributed by atoms with Crippen LogP contribution in [-0.4, -0.2) is 5.78 Å². The molecule has 62 valence electrons. The summed E-state index contributed by atoms with van der Waals surface area (Å²) in [6.45, 7) is 6.51. The van der Waals surface area contributed by atoms with Crippen LogP contribution < -0.4 is 0 Å². The first-order chi connectivity index (χ1) is 4.97. The average molecular weight is 152 g/mol. The van der Waals surface area contributed by atoms with Gasteiger partial charge in [0.05, 0.1) is 0 Å². The van der Waals surface area contributed by atoms with Gasteiger partial charge in [0.25, 0.3) is 0 Å². The maximum absolute atomic E-state index is 11.7. The number of ketones is 1. The molecule has 0 heterocycles. The van der Waals surface area contributed by atoms with Gasteiger partial charge in [-0.3, -0.25) is 4.79 Å². The Labute approximate surface area is 68.2 Å². The van der Waals surface area contributed by atoms with Gasteiger partial charge in [0.15, 0.2) is 0 Å². The molecule has 11 heavy (non-hydrogen) atoms. The highest BCUT2D eigenvalue weighted by atomic mass is 16.1. The highest BCUT2D eigenvalue weighted by molar-refractivity contribution is 5.90. The van der Waals surface area contributed by atoms with Crippen molar-refractivity contribution in [3.8, 4) is 0 Å². The number of carbonyl (C=O) groups is 1. The second-order valence-corrected chi connectivity index (χ2v) is 4.99. The third-order valence-electron chi connectivity index (χ3n) is 4.24. The summed E-state index contributed by atoms with van der Waals surface area (Å²) in [6.07, 6.45) is 3.56. The number of carbonyl (C=O) groups excluding carboxylic acids is 1. The van der Waals surface area contributed by atoms with Gasteiger partial charge in [-0.1, -0.05) is 20.8 Å². The smallest absolute Gasteiger partial charge is 0.142 e. The Morgan fingerprint density at radius 3 is 2.27 bits per heavy atom. The number of rotatable bonds is 0. The van der Waals surface area contributed by atoms with Crippen molar-refractivity contribution in [1.82, 2.24) is 0 Å². The maximum atomic E-state index is 11.7. The van der Waals surface area contributed by atoms with E-state index in [9.17, 15) is 4.79 Å². The van der Waals surface area contributed by atoms with Gasteiger partial charge in [0, 0.05) is 11.3 Å². The zero-order chi connectivity index (χ0) is 8.28. The molecule has 0 aromatic carbocycles. The molecule has 0 radical (unpaired) electrons. The highest BCUT2D eigenvalue weighted by Crippen LogP contribution is 2.61. The lowest BCUT2D eigenvalue weighted by molar-refractivity contribution is -0.132. The van der Waals surface area contributed by atoms with Gasteiger partial charge < -0.3 is 0 Å². The van der Waals surface area contributed by atoms with Crippen molar-refractivity contribution >= 4 is 5.78 Å². The van der Waals surface area contributed by atoms with Gasteiger partial charge in [-0.05, 0) is 24.7 Å². The summed E-state index contributed by atoms with van der Waals surface area (Å²) in [6, 6.07) is 0. The van der Waals surface area contributed by atoms with Crippen molar-refractivity contribution in [2.75, 3.05) is 0 Å². The topological polar surface area (TPSA) is 17.1 Å². The van der Waals surface area contributed by atoms with Crippen molar-refractivity contribution in [3.05, 3.63) is 0 Å². The lowest BCUT2D eigenvalue weighted by atomic mass is 9.66. The third-order valence-corrected chi connectivity index (χ3v) is 4.24. The Morgan fingerprint density at radius 1 is 1.36 bits per heavy atom. The normalized spacial score (nSPS) is 46.8. The van der Waals surface area contributed by atoms with Crippen LogP contribution in [0.1, 0.15) is 40.0 Å². The Kier molecular flexibility index (Phi) is 1.13. The summed E-state index contributed by atoms with van der Waals surface area (Å²) in [5, 5.41) is 0. The predicted molar refractivity (Wildman–Crippen MR) is 44.2 cm³/mol. The molecule has 0 aromatic rings. The van der Waals surface area contributed by atoms with Gasteiger partial charge in [-0.25, -0.2) is 0 Å². The van der Waals surface area contributed by atoms with Gasteiger partial charge in [0.1, 0.15) is 5.78 Å². The maximum Gasteiger partial charge on any atom is 0.142 e. The zero-order valence-electron chi connectivity index (χ0n) is 7.61. The summed E-state index contributed by atoms with van der Waals surface area (Å²) < 4.78 is 0. The number of hydrogen-bond donors (Lipinski definition) is 0. The molecular formula is C10H16O. The van der Waals surface area contributed by atoms with E-state index in [1.807, 2.05) is 0 Å². The van der Waals surface area contributed by atoms with Crippen LogP contribution in [0.25, 0.3) is 0 Å². The fourth-order valence-corrected chi connectivity index (χ4v) is 2.84. The van der Waals surface area contributed by atoms with Crippen LogP contribution in [0, 0.1) is 16.7 Å². The van der Waals surface area contributed by atoms with Gasteiger partial charge in [-0.15, -0.1) is 0 Å². The van der Waals surface area contributed by atoms with Crippen molar-refractivity contribution < 1.29 is 4.79 Å². The average Bonchev–Trinajstić information content (AvgIpc) is 2.36. The molecule has 1 nitrogen and oxygen atoms in total. The third kappa shape index (κ3) is 0.646. The molecule has 0 saturated heterocycles. The van der Waals surface area contributed by atoms with Crippen LogP contribution in [0.15, 0.2) is 0 Å². The Hall–Kier alpha value is -0.330. The van der Waals surface area contributed by atoms with Crippen LogP contribution in [0.2, 0.25) is 0 Å². The van der Waals surface area contributed by atoms with Crippen LogP contribution >= 0.6 is 0 Å². The molecule has 2 aliphatic rings. The van der Waals surface area contributed by atoms with Crippen molar-refractivity contribution in [2.24, 2.45) is 16.7 Å². The summed E-state index contributed by atoms with van der Waals surface area (Å²) in [5.41, 5.74) is 0.296. The quantitative estimate of drug-likeness (QED) is 0.521. The Balaban J connectivity index is 2.44. The van der Waals surface area contributed by atoms with Crippen LogP contribution in [0.3, 0.4) is 0 Å². The van der Waals surface area contributed by atoms with E-state index < -0.39 is 0 Å². The minimum absolute atomic E-state index is 0.0318. The molecule has 0 spiro atoms. The molecule has 2 bridgehead atoms.